The summed E-state index contributed by atoms with van der Waals surface area (Å²) in [5, 5.41) is 14.3. The highest BCUT2D eigenvalue weighted by molar-refractivity contribution is 5.83. The zero-order chi connectivity index (χ0) is 14.9. The molecule has 0 spiro atoms. The van der Waals surface area contributed by atoms with Crippen LogP contribution < -0.4 is 10.6 Å². The maximum atomic E-state index is 12.4. The molecule has 0 bridgehead atoms. The number of pyridine rings is 1. The van der Waals surface area contributed by atoms with E-state index in [2.05, 4.69) is 30.8 Å². The van der Waals surface area contributed by atoms with Gasteiger partial charge in [-0.05, 0) is 12.1 Å². The lowest BCUT2D eigenvalue weighted by molar-refractivity contribution is -0.123. The van der Waals surface area contributed by atoms with E-state index in [1.54, 1.807) is 6.33 Å². The van der Waals surface area contributed by atoms with Crippen LogP contribution in [-0.2, 0) is 17.8 Å². The van der Waals surface area contributed by atoms with Crippen LogP contribution in [0.1, 0.15) is 23.3 Å². The number of carbonyl (C=O) groups excluding carboxylic acids is 1. The van der Waals surface area contributed by atoms with E-state index < -0.39 is 6.04 Å². The molecule has 3 aromatic rings. The van der Waals surface area contributed by atoms with Gasteiger partial charge in [0.2, 0.25) is 5.91 Å². The predicted molar refractivity (Wildman–Crippen MR) is 77.9 cm³/mol. The van der Waals surface area contributed by atoms with Gasteiger partial charge >= 0.3 is 0 Å². The molecule has 0 fully saturated rings. The van der Waals surface area contributed by atoms with E-state index in [4.69, 9.17) is 0 Å². The second-order valence-corrected chi connectivity index (χ2v) is 5.17. The molecule has 0 radical (unpaired) electrons. The van der Waals surface area contributed by atoms with E-state index in [1.165, 1.54) is 0 Å². The molecule has 4 rings (SSSR count). The number of carbonyl (C=O) groups is 1. The highest BCUT2D eigenvalue weighted by atomic mass is 16.2. The Kier molecular flexibility index (Phi) is 3.08. The van der Waals surface area contributed by atoms with Crippen LogP contribution in [0.15, 0.2) is 30.7 Å². The van der Waals surface area contributed by atoms with Crippen molar-refractivity contribution in [2.24, 2.45) is 0 Å². The summed E-state index contributed by atoms with van der Waals surface area (Å²) in [5.74, 6) is 0.586. The number of hydrogen-bond acceptors (Lipinski definition) is 5. The third-order valence-corrected chi connectivity index (χ3v) is 3.82. The Balaban J connectivity index is 1.50. The molecule has 4 heterocycles. The molecule has 0 saturated carbocycles. The van der Waals surface area contributed by atoms with Crippen LogP contribution in [0, 0.1) is 0 Å². The van der Waals surface area contributed by atoms with E-state index >= 15 is 0 Å². The minimum Gasteiger partial charge on any atom is -0.348 e. The normalized spacial score (nSPS) is 17.4. The number of aromatic nitrogens is 5. The third-order valence-electron chi connectivity index (χ3n) is 3.82. The Labute approximate surface area is 126 Å². The summed E-state index contributed by atoms with van der Waals surface area (Å²) in [6.07, 6.45) is 4.36. The molecule has 22 heavy (non-hydrogen) atoms. The lowest BCUT2D eigenvalue weighted by atomic mass is 10.1. The highest BCUT2D eigenvalue weighted by Crippen LogP contribution is 2.19. The Hall–Kier alpha value is -2.74. The standard InChI is InChI=1S/C14H15N7O/c22-14(13-12-9(4-5-15-13)17-8-18-12)16-7-11-20-19-10-3-1-2-6-21(10)11/h1-3,6,8,13,15H,4-5,7H2,(H,16,22)(H,17,18). The van der Waals surface area contributed by atoms with Crippen molar-refractivity contribution in [3.63, 3.8) is 0 Å². The first-order chi connectivity index (χ1) is 10.8. The minimum absolute atomic E-state index is 0.110. The molecule has 1 amide bonds. The number of nitrogens with zero attached hydrogens (tertiary/aromatic N) is 4. The zero-order valence-electron chi connectivity index (χ0n) is 11.8. The topological polar surface area (TPSA) is 100 Å². The Morgan fingerprint density at radius 3 is 3.32 bits per heavy atom. The second kappa shape index (κ2) is 5.23. The highest BCUT2D eigenvalue weighted by Gasteiger charge is 2.28. The number of aromatic amines is 1. The van der Waals surface area contributed by atoms with Crippen molar-refractivity contribution < 1.29 is 4.79 Å². The van der Waals surface area contributed by atoms with Crippen molar-refractivity contribution in [3.8, 4) is 0 Å². The Morgan fingerprint density at radius 1 is 1.41 bits per heavy atom. The average Bonchev–Trinajstić information content (AvgIpc) is 3.19. The van der Waals surface area contributed by atoms with Crippen molar-refractivity contribution in [2.45, 2.75) is 19.0 Å². The Morgan fingerprint density at radius 2 is 2.36 bits per heavy atom. The van der Waals surface area contributed by atoms with Crippen LogP contribution in [0.3, 0.4) is 0 Å². The minimum atomic E-state index is -0.422. The maximum Gasteiger partial charge on any atom is 0.243 e. The van der Waals surface area contributed by atoms with Crippen molar-refractivity contribution >= 4 is 11.6 Å². The fourth-order valence-corrected chi connectivity index (χ4v) is 2.72. The van der Waals surface area contributed by atoms with Crippen molar-refractivity contribution in [2.75, 3.05) is 6.54 Å². The summed E-state index contributed by atoms with van der Waals surface area (Å²) in [5.41, 5.74) is 2.55. The first kappa shape index (κ1) is 13.0. The van der Waals surface area contributed by atoms with Crippen LogP contribution in [-0.4, -0.2) is 37.0 Å². The molecular formula is C14H15N7O. The molecule has 112 valence electrons. The van der Waals surface area contributed by atoms with Crippen LogP contribution in [0.4, 0.5) is 0 Å². The lowest BCUT2D eigenvalue weighted by Gasteiger charge is -2.21. The van der Waals surface area contributed by atoms with Gasteiger partial charge < -0.3 is 15.6 Å². The van der Waals surface area contributed by atoms with Gasteiger partial charge in [-0.15, -0.1) is 10.2 Å². The van der Waals surface area contributed by atoms with Gasteiger partial charge in [0.15, 0.2) is 11.5 Å². The molecule has 3 N–H and O–H groups in total. The quantitative estimate of drug-likeness (QED) is 0.629. The van der Waals surface area contributed by atoms with Gasteiger partial charge in [-0.1, -0.05) is 6.07 Å². The number of fused-ring (bicyclic) bond motifs is 2. The average molecular weight is 297 g/mol. The smallest absolute Gasteiger partial charge is 0.243 e. The van der Waals surface area contributed by atoms with E-state index in [1.807, 2.05) is 28.8 Å². The summed E-state index contributed by atoms with van der Waals surface area (Å²) in [6, 6.07) is 5.25. The molecule has 8 nitrogen and oxygen atoms in total. The van der Waals surface area contributed by atoms with Gasteiger partial charge in [-0.3, -0.25) is 9.20 Å². The van der Waals surface area contributed by atoms with E-state index in [9.17, 15) is 4.79 Å². The fraction of sp³-hybridized carbons (Fsp3) is 0.286. The predicted octanol–water partition coefficient (Wildman–Crippen LogP) is -0.0444. The molecule has 1 aliphatic heterocycles. The second-order valence-electron chi connectivity index (χ2n) is 5.17. The lowest BCUT2D eigenvalue weighted by Crippen LogP contribution is -2.41. The molecule has 1 unspecified atom stereocenters. The van der Waals surface area contributed by atoms with Gasteiger partial charge in [-0.25, -0.2) is 4.98 Å². The molecule has 0 saturated heterocycles. The number of H-pyrrole nitrogens is 1. The SMILES string of the molecule is O=C(NCc1nnc2ccccn12)C1NCCc2[nH]cnc21. The van der Waals surface area contributed by atoms with Gasteiger partial charge in [0, 0.05) is 24.9 Å². The third kappa shape index (κ3) is 2.13. The zero-order valence-corrected chi connectivity index (χ0v) is 11.8. The largest absolute Gasteiger partial charge is 0.348 e. The molecule has 1 atom stereocenters. The molecular weight excluding hydrogens is 282 g/mol. The maximum absolute atomic E-state index is 12.4. The number of nitrogens with one attached hydrogen (secondary N) is 3. The van der Waals surface area contributed by atoms with Gasteiger partial charge in [0.25, 0.3) is 0 Å². The van der Waals surface area contributed by atoms with Crippen LogP contribution in [0.5, 0.6) is 0 Å². The van der Waals surface area contributed by atoms with Gasteiger partial charge in [0.05, 0.1) is 18.6 Å². The van der Waals surface area contributed by atoms with E-state index in [-0.39, 0.29) is 5.91 Å². The molecule has 3 aromatic heterocycles. The first-order valence-corrected chi connectivity index (χ1v) is 7.15. The van der Waals surface area contributed by atoms with Crippen molar-refractivity contribution in [1.29, 1.82) is 0 Å². The number of imidazole rings is 1. The summed E-state index contributed by atoms with van der Waals surface area (Å²) in [6.45, 7) is 1.07. The van der Waals surface area contributed by atoms with Gasteiger partial charge in [-0.2, -0.15) is 0 Å². The van der Waals surface area contributed by atoms with Crippen LogP contribution in [0.25, 0.3) is 5.65 Å². The Bertz CT molecular complexity index is 821. The molecule has 8 heteroatoms. The van der Waals surface area contributed by atoms with Gasteiger partial charge in [0.1, 0.15) is 6.04 Å². The number of amides is 1. The molecule has 0 aromatic carbocycles. The molecule has 1 aliphatic rings. The number of hydrogen-bond donors (Lipinski definition) is 3. The van der Waals surface area contributed by atoms with Crippen molar-refractivity contribution in [3.05, 3.63) is 47.9 Å². The summed E-state index contributed by atoms with van der Waals surface area (Å²) in [7, 11) is 0. The fourth-order valence-electron chi connectivity index (χ4n) is 2.72. The summed E-state index contributed by atoms with van der Waals surface area (Å²) >= 11 is 0. The van der Waals surface area contributed by atoms with Crippen LogP contribution in [0.2, 0.25) is 0 Å². The van der Waals surface area contributed by atoms with Crippen LogP contribution >= 0.6 is 0 Å². The summed E-state index contributed by atoms with van der Waals surface area (Å²) < 4.78 is 1.86. The molecule has 0 aliphatic carbocycles. The van der Waals surface area contributed by atoms with E-state index in [0.717, 1.165) is 30.0 Å². The monoisotopic (exact) mass is 297 g/mol. The van der Waals surface area contributed by atoms with Crippen molar-refractivity contribution in [1.82, 2.24) is 35.2 Å². The van der Waals surface area contributed by atoms with E-state index in [0.29, 0.717) is 12.4 Å². The summed E-state index contributed by atoms with van der Waals surface area (Å²) in [4.78, 5) is 19.7. The number of rotatable bonds is 3. The first-order valence-electron chi connectivity index (χ1n) is 7.15.